The van der Waals surface area contributed by atoms with E-state index in [1.54, 1.807) is 0 Å². The minimum atomic E-state index is -5.90. The molecule has 184 valence electrons. The van der Waals surface area contributed by atoms with E-state index >= 15 is 0 Å². The highest BCUT2D eigenvalue weighted by Crippen LogP contribution is 2.70. The maximum atomic E-state index is 11.9. The molecule has 0 amide bonds. The van der Waals surface area contributed by atoms with Crippen molar-refractivity contribution in [3.63, 3.8) is 0 Å². The largest absolute Gasteiger partial charge is 0.490 e. The van der Waals surface area contributed by atoms with Crippen LogP contribution in [0, 0.1) is 6.92 Å². The Morgan fingerprint density at radius 2 is 1.56 bits per heavy atom. The third-order valence-electron chi connectivity index (χ3n) is 3.59. The number of phosphoric ester groups is 1. The first-order chi connectivity index (χ1) is 14.4. The number of aromatic amines is 1. The van der Waals surface area contributed by atoms with Gasteiger partial charge in [0.2, 0.25) is 0 Å². The summed E-state index contributed by atoms with van der Waals surface area (Å²) in [6, 6.07) is 0. The maximum Gasteiger partial charge on any atom is 0.490 e. The minimum absolute atomic E-state index is 0.185. The predicted octanol–water partition coefficient (Wildman–Crippen LogP) is -0.0171. The minimum Gasteiger partial charge on any atom is -0.352 e. The molecule has 6 N–H and O–H groups in total. The molecule has 1 aromatic rings. The lowest BCUT2D eigenvalue weighted by Crippen LogP contribution is -2.33. The number of nitrogens with zero attached hydrogens (tertiary/aromatic N) is 1. The summed E-state index contributed by atoms with van der Waals surface area (Å²) in [7, 11) is -22.9. The third-order valence-corrected chi connectivity index (χ3v) is 9.04. The van der Waals surface area contributed by atoms with E-state index in [1.807, 2.05) is 0 Å². The van der Waals surface area contributed by atoms with Gasteiger partial charge < -0.3 is 29.2 Å². The van der Waals surface area contributed by atoms with E-state index in [1.165, 1.54) is 13.1 Å². The molecule has 0 aromatic carbocycles. The fraction of sp³-hybridized carbons (Fsp3) is 0.600. The Morgan fingerprint density at radius 1 is 1.00 bits per heavy atom. The lowest BCUT2D eigenvalue weighted by atomic mass is 10.2. The quantitative estimate of drug-likeness (QED) is 0.210. The highest BCUT2D eigenvalue weighted by atomic mass is 31.3. The van der Waals surface area contributed by atoms with Crippen LogP contribution in [-0.2, 0) is 40.5 Å². The molecule has 5 atom stereocenters. The summed E-state index contributed by atoms with van der Waals surface area (Å²) in [6.45, 7) is 0.742. The first-order valence-electron chi connectivity index (χ1n) is 8.18. The third kappa shape index (κ3) is 8.52. The summed E-state index contributed by atoms with van der Waals surface area (Å²) in [6.07, 6.45) is -0.108. The number of ether oxygens (including phenoxy) is 1. The van der Waals surface area contributed by atoms with Crippen molar-refractivity contribution < 1.29 is 64.9 Å². The molecule has 0 spiro atoms. The fourth-order valence-corrected chi connectivity index (χ4v) is 6.92. The normalized spacial score (nSPS) is 25.1. The molecular formula is C10H18N2O16P4. The van der Waals surface area contributed by atoms with Gasteiger partial charge in [-0.3, -0.25) is 18.9 Å². The fourth-order valence-electron chi connectivity index (χ4n) is 2.44. The van der Waals surface area contributed by atoms with Crippen LogP contribution in [0.3, 0.4) is 0 Å². The average molecular weight is 546 g/mol. The van der Waals surface area contributed by atoms with Gasteiger partial charge in [-0.25, -0.2) is 23.1 Å². The summed E-state index contributed by atoms with van der Waals surface area (Å²) < 4.78 is 66.7. The number of aromatic nitrogens is 2. The van der Waals surface area contributed by atoms with E-state index in [0.29, 0.717) is 0 Å². The van der Waals surface area contributed by atoms with Gasteiger partial charge in [0.15, 0.2) is 0 Å². The zero-order valence-electron chi connectivity index (χ0n) is 15.8. The molecular weight excluding hydrogens is 528 g/mol. The van der Waals surface area contributed by atoms with Crippen molar-refractivity contribution in [2.24, 2.45) is 0 Å². The van der Waals surface area contributed by atoms with Crippen molar-refractivity contribution in [3.05, 3.63) is 32.6 Å². The first kappa shape index (κ1) is 27.4. The summed E-state index contributed by atoms with van der Waals surface area (Å²) in [5.41, 5.74) is -1.12. The van der Waals surface area contributed by atoms with Crippen LogP contribution in [-0.4, -0.2) is 46.7 Å². The van der Waals surface area contributed by atoms with Gasteiger partial charge in [-0.2, -0.15) is 12.9 Å². The zero-order chi connectivity index (χ0) is 24.5. The highest BCUT2D eigenvalue weighted by Gasteiger charge is 2.45. The van der Waals surface area contributed by atoms with Crippen molar-refractivity contribution >= 4 is 31.3 Å². The number of phosphoric acid groups is 4. The summed E-state index contributed by atoms with van der Waals surface area (Å²) in [4.78, 5) is 70.0. The van der Waals surface area contributed by atoms with Crippen molar-refractivity contribution in [1.29, 1.82) is 0 Å². The van der Waals surface area contributed by atoms with E-state index < -0.39 is 61.5 Å². The Bertz CT molecular complexity index is 1150. The highest BCUT2D eigenvalue weighted by molar-refractivity contribution is 7.69. The number of aryl methyl sites for hydroxylation is 1. The second-order valence-electron chi connectivity index (χ2n) is 6.21. The molecule has 1 aromatic heterocycles. The van der Waals surface area contributed by atoms with E-state index in [-0.39, 0.29) is 18.4 Å². The monoisotopic (exact) mass is 546 g/mol. The van der Waals surface area contributed by atoms with Gasteiger partial charge in [0, 0.05) is 11.8 Å². The Balaban J connectivity index is 1.95. The van der Waals surface area contributed by atoms with Gasteiger partial charge in [-0.1, -0.05) is 0 Å². The molecule has 22 heteroatoms. The van der Waals surface area contributed by atoms with Gasteiger partial charge in [-0.05, 0) is 19.8 Å². The predicted molar refractivity (Wildman–Crippen MR) is 99.9 cm³/mol. The van der Waals surface area contributed by atoms with Crippen LogP contribution >= 0.6 is 31.3 Å². The molecule has 1 aliphatic rings. The van der Waals surface area contributed by atoms with Gasteiger partial charge in [0.25, 0.3) is 5.56 Å². The van der Waals surface area contributed by atoms with Crippen molar-refractivity contribution in [3.8, 4) is 0 Å². The number of hydrogen-bond donors (Lipinski definition) is 6. The molecule has 0 radical (unpaired) electrons. The number of H-pyrrole nitrogens is 1. The Kier molecular flexibility index (Phi) is 8.42. The van der Waals surface area contributed by atoms with Crippen LogP contribution in [0.25, 0.3) is 0 Å². The van der Waals surface area contributed by atoms with Crippen LogP contribution in [0.15, 0.2) is 15.8 Å². The molecule has 18 nitrogen and oxygen atoms in total. The topological polar surface area (TPSA) is 270 Å². The van der Waals surface area contributed by atoms with Crippen LogP contribution < -0.4 is 11.2 Å². The molecule has 32 heavy (non-hydrogen) atoms. The molecule has 0 aliphatic carbocycles. The van der Waals surface area contributed by atoms with Crippen molar-refractivity contribution in [2.75, 3.05) is 6.61 Å². The number of hydrogen-bond acceptors (Lipinski definition) is 11. The Hall–Kier alpha value is -0.800. The smallest absolute Gasteiger partial charge is 0.352 e. The van der Waals surface area contributed by atoms with E-state index in [9.17, 15) is 37.6 Å². The van der Waals surface area contributed by atoms with Crippen LogP contribution in [0.4, 0.5) is 0 Å². The number of nitrogens with one attached hydrogen (secondary N) is 1. The molecule has 0 bridgehead atoms. The SMILES string of the molecule is Cc1cn([C@H]2CC[C@@H](COP(=O)(O)OP(=O)(O)OP(=O)(O)OP(=O)(O)O)O2)c(=O)[nH]c1=O. The van der Waals surface area contributed by atoms with Crippen LogP contribution in [0.5, 0.6) is 0 Å². The van der Waals surface area contributed by atoms with Crippen molar-refractivity contribution in [1.82, 2.24) is 9.55 Å². The zero-order valence-corrected chi connectivity index (χ0v) is 19.4. The molecule has 1 saturated heterocycles. The molecule has 0 saturated carbocycles. The van der Waals surface area contributed by atoms with Gasteiger partial charge in [-0.15, -0.1) is 0 Å². The number of rotatable bonds is 10. The lowest BCUT2D eigenvalue weighted by molar-refractivity contribution is -0.0244. The average Bonchev–Trinajstić information content (AvgIpc) is 3.00. The first-order valence-corrected chi connectivity index (χ1v) is 14.2. The van der Waals surface area contributed by atoms with E-state index in [0.717, 1.165) is 4.57 Å². The summed E-state index contributed by atoms with van der Waals surface area (Å²) in [5, 5.41) is 0. The van der Waals surface area contributed by atoms with Crippen molar-refractivity contribution in [2.45, 2.75) is 32.1 Å². The molecule has 2 heterocycles. The molecule has 2 rings (SSSR count). The van der Waals surface area contributed by atoms with E-state index in [4.69, 9.17) is 19.4 Å². The Labute approximate surface area is 177 Å². The molecule has 3 unspecified atom stereocenters. The summed E-state index contributed by atoms with van der Waals surface area (Å²) >= 11 is 0. The Morgan fingerprint density at radius 3 is 2.16 bits per heavy atom. The standard InChI is InChI=1S/C10H18N2O16P4/c1-6-4-12(10(14)11-9(6)13)8-3-2-7(25-8)5-24-30(18,19)27-32(22,23)28-31(20,21)26-29(15,16)17/h4,7-8H,2-3,5H2,1H3,(H,18,19)(H,20,21)(H,22,23)(H,11,13,14)(H2,15,16,17)/t7-,8+/m0/s1. The van der Waals surface area contributed by atoms with Crippen LogP contribution in [0.1, 0.15) is 24.6 Å². The van der Waals surface area contributed by atoms with Crippen LogP contribution in [0.2, 0.25) is 0 Å². The molecule has 1 fully saturated rings. The second-order valence-corrected chi connectivity index (χ2v) is 12.2. The van der Waals surface area contributed by atoms with Gasteiger partial charge in [0.05, 0.1) is 12.7 Å². The van der Waals surface area contributed by atoms with E-state index in [2.05, 4.69) is 22.4 Å². The van der Waals surface area contributed by atoms with Gasteiger partial charge in [0.1, 0.15) is 6.23 Å². The lowest BCUT2D eigenvalue weighted by Gasteiger charge is -2.20. The molecule has 1 aliphatic heterocycles. The van der Waals surface area contributed by atoms with Gasteiger partial charge >= 0.3 is 37.0 Å². The summed E-state index contributed by atoms with van der Waals surface area (Å²) in [5.74, 6) is 0. The second kappa shape index (κ2) is 9.82. The maximum absolute atomic E-state index is 11.9.